The van der Waals surface area contributed by atoms with Gasteiger partial charge in [0.1, 0.15) is 11.5 Å². The molecule has 7 heteroatoms. The van der Waals surface area contributed by atoms with Crippen LogP contribution in [-0.4, -0.2) is 25.2 Å². The first-order valence-electron chi connectivity index (χ1n) is 8.32. The molecule has 2 aromatic carbocycles. The number of hydrogen-bond donors (Lipinski definition) is 0. The van der Waals surface area contributed by atoms with Gasteiger partial charge in [-0.15, -0.1) is 0 Å². The molecule has 0 saturated carbocycles. The Labute approximate surface area is 175 Å². The molecule has 0 saturated heterocycles. The molecule has 144 valence electrons. The summed E-state index contributed by atoms with van der Waals surface area (Å²) in [4.78, 5) is 24.1. The maximum Gasteiger partial charge on any atom is 0.349 e. The van der Waals surface area contributed by atoms with Gasteiger partial charge in [0, 0.05) is 4.47 Å². The first kappa shape index (κ1) is 21.4. The van der Waals surface area contributed by atoms with Crippen LogP contribution >= 0.6 is 31.9 Å². The Balaban J connectivity index is 1.96. The van der Waals surface area contributed by atoms with Crippen molar-refractivity contribution in [2.24, 2.45) is 5.92 Å². The molecule has 0 unspecified atom stereocenters. The molecule has 0 radical (unpaired) electrons. The number of hydrogen-bond acceptors (Lipinski definition) is 5. The standard InChI is InChI=1S/C20H20Br2O5/c1-12(2)10-26-20(24)14-5-4-6-16(8-14)27-18(23)11-25-19-13(3)7-15(21)9-17(19)22/h4-9,12H,10-11H2,1-3H3. The quantitative estimate of drug-likeness (QED) is 0.381. The number of esters is 2. The van der Waals surface area contributed by atoms with Crippen LogP contribution in [0.15, 0.2) is 45.3 Å². The Morgan fingerprint density at radius 3 is 2.52 bits per heavy atom. The van der Waals surface area contributed by atoms with E-state index in [0.29, 0.717) is 17.9 Å². The lowest BCUT2D eigenvalue weighted by Gasteiger charge is -2.12. The average Bonchev–Trinajstić information content (AvgIpc) is 2.58. The molecule has 0 amide bonds. The molecule has 0 aliphatic rings. The van der Waals surface area contributed by atoms with Crippen molar-refractivity contribution < 1.29 is 23.8 Å². The van der Waals surface area contributed by atoms with Crippen molar-refractivity contribution in [3.8, 4) is 11.5 Å². The van der Waals surface area contributed by atoms with Gasteiger partial charge in [-0.05, 0) is 64.7 Å². The number of halogens is 2. The summed E-state index contributed by atoms with van der Waals surface area (Å²) in [5.74, 6) is 0.0491. The van der Waals surface area contributed by atoms with Gasteiger partial charge in [0.05, 0.1) is 16.6 Å². The molecule has 0 fully saturated rings. The molecule has 0 aliphatic carbocycles. The summed E-state index contributed by atoms with van der Waals surface area (Å²) in [5, 5.41) is 0. The summed E-state index contributed by atoms with van der Waals surface area (Å²) in [6.45, 7) is 5.86. The average molecular weight is 500 g/mol. The fraction of sp³-hybridized carbons (Fsp3) is 0.300. The van der Waals surface area contributed by atoms with Crippen molar-refractivity contribution in [3.63, 3.8) is 0 Å². The van der Waals surface area contributed by atoms with E-state index in [2.05, 4.69) is 31.9 Å². The largest absolute Gasteiger partial charge is 0.480 e. The molecule has 5 nitrogen and oxygen atoms in total. The zero-order chi connectivity index (χ0) is 20.0. The third-order valence-electron chi connectivity index (χ3n) is 3.38. The third kappa shape index (κ3) is 6.66. The van der Waals surface area contributed by atoms with E-state index in [-0.39, 0.29) is 18.3 Å². The van der Waals surface area contributed by atoms with E-state index in [1.807, 2.05) is 32.9 Å². The van der Waals surface area contributed by atoms with Gasteiger partial charge in [-0.25, -0.2) is 9.59 Å². The third-order valence-corrected chi connectivity index (χ3v) is 4.42. The molecule has 0 aromatic heterocycles. The minimum atomic E-state index is -0.572. The fourth-order valence-corrected chi connectivity index (χ4v) is 3.73. The maximum atomic E-state index is 12.1. The van der Waals surface area contributed by atoms with E-state index < -0.39 is 11.9 Å². The van der Waals surface area contributed by atoms with Crippen molar-refractivity contribution >= 4 is 43.8 Å². The highest BCUT2D eigenvalue weighted by Crippen LogP contribution is 2.32. The smallest absolute Gasteiger partial charge is 0.349 e. The molecular formula is C20H20Br2O5. The zero-order valence-electron chi connectivity index (χ0n) is 15.3. The van der Waals surface area contributed by atoms with Gasteiger partial charge in [-0.2, -0.15) is 0 Å². The van der Waals surface area contributed by atoms with E-state index in [1.165, 1.54) is 6.07 Å². The Morgan fingerprint density at radius 2 is 1.85 bits per heavy atom. The second kappa shape index (κ2) is 9.90. The SMILES string of the molecule is Cc1cc(Br)cc(Br)c1OCC(=O)Oc1cccc(C(=O)OCC(C)C)c1. The topological polar surface area (TPSA) is 61.8 Å². The maximum absolute atomic E-state index is 12.1. The first-order valence-corrected chi connectivity index (χ1v) is 9.91. The summed E-state index contributed by atoms with van der Waals surface area (Å²) in [5.41, 5.74) is 1.20. The van der Waals surface area contributed by atoms with Gasteiger partial charge in [0.2, 0.25) is 0 Å². The summed E-state index contributed by atoms with van der Waals surface area (Å²) in [6, 6.07) is 10.0. The van der Waals surface area contributed by atoms with Gasteiger partial charge < -0.3 is 14.2 Å². The molecule has 2 rings (SSSR count). The van der Waals surface area contributed by atoms with Gasteiger partial charge in [-0.3, -0.25) is 0 Å². The Kier molecular flexibility index (Phi) is 7.86. The van der Waals surface area contributed by atoms with E-state index >= 15 is 0 Å². The molecule has 2 aromatic rings. The lowest BCUT2D eigenvalue weighted by atomic mass is 10.2. The monoisotopic (exact) mass is 498 g/mol. The Hall–Kier alpha value is -1.86. The van der Waals surface area contributed by atoms with Gasteiger partial charge in [-0.1, -0.05) is 35.8 Å². The molecule has 0 N–H and O–H groups in total. The fourth-order valence-electron chi connectivity index (χ4n) is 2.18. The second-order valence-corrected chi connectivity index (χ2v) is 8.09. The summed E-state index contributed by atoms with van der Waals surface area (Å²) < 4.78 is 17.6. The minimum Gasteiger partial charge on any atom is -0.480 e. The lowest BCUT2D eigenvalue weighted by Crippen LogP contribution is -2.18. The number of ether oxygens (including phenoxy) is 3. The minimum absolute atomic E-state index is 0.244. The van der Waals surface area contributed by atoms with Crippen molar-refractivity contribution in [3.05, 3.63) is 56.5 Å². The van der Waals surface area contributed by atoms with E-state index in [4.69, 9.17) is 14.2 Å². The second-order valence-electron chi connectivity index (χ2n) is 6.32. The number of rotatable bonds is 7. The Morgan fingerprint density at radius 1 is 1.11 bits per heavy atom. The van der Waals surface area contributed by atoms with Crippen LogP contribution in [0, 0.1) is 12.8 Å². The van der Waals surface area contributed by atoms with Crippen LogP contribution in [0.2, 0.25) is 0 Å². The number of benzene rings is 2. The molecule has 0 bridgehead atoms. The summed E-state index contributed by atoms with van der Waals surface area (Å²) in [6.07, 6.45) is 0. The van der Waals surface area contributed by atoms with Crippen molar-refractivity contribution in [2.75, 3.05) is 13.2 Å². The molecule has 27 heavy (non-hydrogen) atoms. The van der Waals surface area contributed by atoms with Crippen LogP contribution in [0.5, 0.6) is 11.5 Å². The molecule has 0 atom stereocenters. The van der Waals surface area contributed by atoms with Crippen molar-refractivity contribution in [1.29, 1.82) is 0 Å². The van der Waals surface area contributed by atoms with Crippen LogP contribution < -0.4 is 9.47 Å². The number of aryl methyl sites for hydroxylation is 1. The van der Waals surface area contributed by atoms with Crippen molar-refractivity contribution in [2.45, 2.75) is 20.8 Å². The van der Waals surface area contributed by atoms with Crippen LogP contribution in [0.25, 0.3) is 0 Å². The van der Waals surface area contributed by atoms with Gasteiger partial charge in [0.25, 0.3) is 0 Å². The highest BCUT2D eigenvalue weighted by atomic mass is 79.9. The zero-order valence-corrected chi connectivity index (χ0v) is 18.4. The van der Waals surface area contributed by atoms with E-state index in [0.717, 1.165) is 14.5 Å². The molecular weight excluding hydrogens is 480 g/mol. The van der Waals surface area contributed by atoms with E-state index in [9.17, 15) is 9.59 Å². The molecule has 0 spiro atoms. The summed E-state index contributed by atoms with van der Waals surface area (Å²) >= 11 is 6.80. The van der Waals surface area contributed by atoms with Gasteiger partial charge in [0.15, 0.2) is 6.61 Å². The van der Waals surface area contributed by atoms with Gasteiger partial charge >= 0.3 is 11.9 Å². The van der Waals surface area contributed by atoms with Crippen LogP contribution in [0.4, 0.5) is 0 Å². The normalized spacial score (nSPS) is 10.6. The van der Waals surface area contributed by atoms with Crippen molar-refractivity contribution in [1.82, 2.24) is 0 Å². The molecule has 0 aliphatic heterocycles. The Bertz CT molecular complexity index is 810. The van der Waals surface area contributed by atoms with Crippen LogP contribution in [0.3, 0.4) is 0 Å². The van der Waals surface area contributed by atoms with E-state index in [1.54, 1.807) is 18.2 Å². The first-order chi connectivity index (χ1) is 12.8. The van der Waals surface area contributed by atoms with Crippen LogP contribution in [-0.2, 0) is 9.53 Å². The van der Waals surface area contributed by atoms with Crippen LogP contribution in [0.1, 0.15) is 29.8 Å². The highest BCUT2D eigenvalue weighted by molar-refractivity contribution is 9.11. The predicted molar refractivity (Wildman–Crippen MR) is 109 cm³/mol. The highest BCUT2D eigenvalue weighted by Gasteiger charge is 2.13. The summed E-state index contributed by atoms with van der Waals surface area (Å²) in [7, 11) is 0. The predicted octanol–water partition coefficient (Wildman–Crippen LogP) is 5.32. The number of carbonyl (C=O) groups is 2. The lowest BCUT2D eigenvalue weighted by molar-refractivity contribution is -0.136. The molecule has 0 heterocycles. The number of carbonyl (C=O) groups excluding carboxylic acids is 2.